The molecule has 0 fully saturated rings. The molecule has 0 spiro atoms. The lowest BCUT2D eigenvalue weighted by Crippen LogP contribution is -2.22. The fourth-order valence-electron chi connectivity index (χ4n) is 2.31. The monoisotopic (exact) mass is 352 g/mol. The number of hydrogen-bond donors (Lipinski definition) is 1. The number of carbonyl (C=O) groups excluding carboxylic acids is 1. The Hall–Kier alpha value is -3.33. The molecule has 0 radical (unpaired) electrons. The summed E-state index contributed by atoms with van der Waals surface area (Å²) in [4.78, 5) is 13.0. The average molecular weight is 352 g/mol. The number of hydrogen-bond acceptors (Lipinski definition) is 7. The van der Waals surface area contributed by atoms with Gasteiger partial charge in [-0.05, 0) is 21.9 Å². The van der Waals surface area contributed by atoms with Crippen molar-refractivity contribution in [3.63, 3.8) is 0 Å². The molecule has 4 aromatic rings. The van der Waals surface area contributed by atoms with E-state index in [9.17, 15) is 4.79 Å². The molecule has 25 heavy (non-hydrogen) atoms. The van der Waals surface area contributed by atoms with E-state index in [0.717, 1.165) is 11.3 Å². The number of nitrogens with zero attached hydrogens (tertiary/aromatic N) is 5. The normalized spacial score (nSPS) is 10.7. The van der Waals surface area contributed by atoms with E-state index in [2.05, 4.69) is 26.0 Å². The van der Waals surface area contributed by atoms with E-state index in [-0.39, 0.29) is 12.5 Å². The van der Waals surface area contributed by atoms with Crippen molar-refractivity contribution in [1.29, 1.82) is 0 Å². The highest BCUT2D eigenvalue weighted by molar-refractivity contribution is 7.12. The summed E-state index contributed by atoms with van der Waals surface area (Å²) in [5, 5.41) is 19.7. The zero-order valence-electron chi connectivity index (χ0n) is 12.9. The lowest BCUT2D eigenvalue weighted by Gasteiger charge is -2.03. The zero-order chi connectivity index (χ0) is 17.1. The summed E-state index contributed by atoms with van der Waals surface area (Å²) in [5.41, 5.74) is 2.33. The number of nitrogens with one attached hydrogen (secondary N) is 1. The van der Waals surface area contributed by atoms with E-state index in [1.54, 1.807) is 6.07 Å². The summed E-state index contributed by atoms with van der Waals surface area (Å²) in [6, 6.07) is 13.3. The highest BCUT2D eigenvalue weighted by Crippen LogP contribution is 2.21. The van der Waals surface area contributed by atoms with E-state index in [1.807, 2.05) is 41.8 Å². The third-order valence-corrected chi connectivity index (χ3v) is 4.40. The van der Waals surface area contributed by atoms with Crippen LogP contribution in [0.4, 0.5) is 0 Å². The molecule has 0 aliphatic heterocycles. The second-order valence-electron chi connectivity index (χ2n) is 5.12. The molecule has 0 aliphatic carbocycles. The van der Waals surface area contributed by atoms with Crippen molar-refractivity contribution in [3.05, 3.63) is 64.8 Å². The molecular formula is C16H12N6O2S. The summed E-state index contributed by atoms with van der Waals surface area (Å²) >= 11 is 1.32. The van der Waals surface area contributed by atoms with Crippen LogP contribution in [0.5, 0.6) is 0 Å². The Morgan fingerprint density at radius 2 is 2.12 bits per heavy atom. The Kier molecular flexibility index (Phi) is 4.05. The molecule has 0 atom stereocenters. The smallest absolute Gasteiger partial charge is 0.263 e. The first-order valence-electron chi connectivity index (χ1n) is 7.41. The van der Waals surface area contributed by atoms with Gasteiger partial charge in [0.1, 0.15) is 16.9 Å². The van der Waals surface area contributed by atoms with Crippen LogP contribution < -0.4 is 5.32 Å². The van der Waals surface area contributed by atoms with Gasteiger partial charge in [-0.3, -0.25) is 4.79 Å². The first-order valence-corrected chi connectivity index (χ1v) is 8.29. The largest absolute Gasteiger partial charge is 0.359 e. The summed E-state index contributed by atoms with van der Waals surface area (Å²) < 4.78 is 6.74. The van der Waals surface area contributed by atoms with Gasteiger partial charge < -0.3 is 9.84 Å². The van der Waals surface area contributed by atoms with Crippen LogP contribution in [-0.4, -0.2) is 31.3 Å². The van der Waals surface area contributed by atoms with Gasteiger partial charge in [0, 0.05) is 11.6 Å². The number of benzene rings is 1. The Labute approximate surface area is 146 Å². The maximum atomic E-state index is 12.4. The molecule has 124 valence electrons. The fraction of sp³-hybridized carbons (Fsp3) is 0.0625. The van der Waals surface area contributed by atoms with E-state index in [0.29, 0.717) is 16.3 Å². The van der Waals surface area contributed by atoms with Gasteiger partial charge in [0.15, 0.2) is 5.76 Å². The van der Waals surface area contributed by atoms with E-state index in [1.165, 1.54) is 22.3 Å². The van der Waals surface area contributed by atoms with Crippen LogP contribution in [0.3, 0.4) is 0 Å². The highest BCUT2D eigenvalue weighted by Gasteiger charge is 2.16. The molecule has 9 heteroatoms. The van der Waals surface area contributed by atoms with Crippen LogP contribution >= 0.6 is 11.3 Å². The van der Waals surface area contributed by atoms with Crippen LogP contribution in [0.15, 0.2) is 58.7 Å². The minimum absolute atomic E-state index is 0.224. The Morgan fingerprint density at radius 3 is 2.92 bits per heavy atom. The second-order valence-corrected chi connectivity index (χ2v) is 6.03. The molecule has 8 nitrogen and oxygen atoms in total. The van der Waals surface area contributed by atoms with Crippen LogP contribution in [0.25, 0.3) is 16.9 Å². The van der Waals surface area contributed by atoms with Gasteiger partial charge in [0.05, 0.1) is 12.2 Å². The fourth-order valence-corrected chi connectivity index (χ4v) is 3.11. The lowest BCUT2D eigenvalue weighted by molar-refractivity contribution is 0.0951. The van der Waals surface area contributed by atoms with E-state index in [4.69, 9.17) is 4.52 Å². The van der Waals surface area contributed by atoms with Crippen LogP contribution in [0.1, 0.15) is 15.4 Å². The molecule has 0 bridgehead atoms. The maximum absolute atomic E-state index is 12.4. The summed E-state index contributed by atoms with van der Waals surface area (Å²) in [7, 11) is 0. The average Bonchev–Trinajstić information content (AvgIpc) is 3.41. The molecule has 3 heterocycles. The van der Waals surface area contributed by atoms with E-state index >= 15 is 0 Å². The molecule has 3 aromatic heterocycles. The van der Waals surface area contributed by atoms with Gasteiger partial charge in [0.2, 0.25) is 0 Å². The molecule has 0 unspecified atom stereocenters. The van der Waals surface area contributed by atoms with Crippen molar-refractivity contribution in [2.75, 3.05) is 0 Å². The van der Waals surface area contributed by atoms with Gasteiger partial charge in [-0.25, -0.2) is 0 Å². The van der Waals surface area contributed by atoms with Crippen molar-refractivity contribution < 1.29 is 9.32 Å². The van der Waals surface area contributed by atoms with Crippen LogP contribution in [-0.2, 0) is 6.54 Å². The molecule has 1 amide bonds. The van der Waals surface area contributed by atoms with Gasteiger partial charge in [-0.2, -0.15) is 4.68 Å². The molecule has 0 saturated heterocycles. The highest BCUT2D eigenvalue weighted by atomic mass is 32.1. The standard InChI is InChI=1S/C16H12N6O2S/c23-16(15-14(6-7-25-15)22-10-18-20-21-22)17-9-12-8-13(19-24-12)11-4-2-1-3-5-11/h1-8,10H,9H2,(H,17,23). The number of amides is 1. The summed E-state index contributed by atoms with van der Waals surface area (Å²) in [5.74, 6) is 0.353. The summed E-state index contributed by atoms with van der Waals surface area (Å²) in [6.45, 7) is 0.242. The van der Waals surface area contributed by atoms with Gasteiger partial charge >= 0.3 is 0 Å². The quantitative estimate of drug-likeness (QED) is 0.592. The SMILES string of the molecule is O=C(NCc1cc(-c2ccccc2)no1)c1sccc1-n1cnnn1. The Balaban J connectivity index is 1.45. The number of carbonyl (C=O) groups is 1. The third-order valence-electron chi connectivity index (χ3n) is 3.50. The molecule has 4 rings (SSSR count). The Bertz CT molecular complexity index is 977. The topological polar surface area (TPSA) is 98.7 Å². The van der Waals surface area contributed by atoms with Crippen molar-refractivity contribution in [2.24, 2.45) is 0 Å². The van der Waals surface area contributed by atoms with Gasteiger partial charge in [-0.1, -0.05) is 35.5 Å². The minimum atomic E-state index is -0.224. The molecule has 1 N–H and O–H groups in total. The van der Waals surface area contributed by atoms with Crippen molar-refractivity contribution in [2.45, 2.75) is 6.54 Å². The summed E-state index contributed by atoms with van der Waals surface area (Å²) in [6.07, 6.45) is 1.45. The second kappa shape index (κ2) is 6.65. The third kappa shape index (κ3) is 3.17. The first kappa shape index (κ1) is 15.2. The first-order chi connectivity index (χ1) is 12.3. The molecule has 1 aromatic carbocycles. The molecular weight excluding hydrogens is 340 g/mol. The van der Waals surface area contributed by atoms with Gasteiger partial charge in [0.25, 0.3) is 5.91 Å². The minimum Gasteiger partial charge on any atom is -0.359 e. The predicted molar refractivity (Wildman–Crippen MR) is 90.1 cm³/mol. The number of rotatable bonds is 5. The van der Waals surface area contributed by atoms with Gasteiger partial charge in [-0.15, -0.1) is 16.4 Å². The number of thiophene rings is 1. The zero-order valence-corrected chi connectivity index (χ0v) is 13.7. The van der Waals surface area contributed by atoms with Crippen LogP contribution in [0, 0.1) is 0 Å². The number of aromatic nitrogens is 5. The predicted octanol–water partition coefficient (Wildman–Crippen LogP) is 2.31. The van der Waals surface area contributed by atoms with E-state index < -0.39 is 0 Å². The van der Waals surface area contributed by atoms with Crippen molar-refractivity contribution in [1.82, 2.24) is 30.7 Å². The van der Waals surface area contributed by atoms with Crippen LogP contribution in [0.2, 0.25) is 0 Å². The Morgan fingerprint density at radius 1 is 1.24 bits per heavy atom. The van der Waals surface area contributed by atoms with Crippen molar-refractivity contribution >= 4 is 17.2 Å². The lowest BCUT2D eigenvalue weighted by atomic mass is 10.1. The molecule has 0 aliphatic rings. The maximum Gasteiger partial charge on any atom is 0.263 e. The molecule has 0 saturated carbocycles. The number of tetrazole rings is 1. The van der Waals surface area contributed by atoms with Crippen molar-refractivity contribution in [3.8, 4) is 16.9 Å².